The molecule has 7 heteroatoms. The van der Waals surface area contributed by atoms with Gasteiger partial charge in [0.2, 0.25) is 5.75 Å². The smallest absolute Gasteiger partial charge is 0.254 e. The highest BCUT2D eigenvalue weighted by Crippen LogP contribution is 2.39. The van der Waals surface area contributed by atoms with Crippen LogP contribution < -0.4 is 14.2 Å². The highest BCUT2D eigenvalue weighted by molar-refractivity contribution is 5.95. The lowest BCUT2D eigenvalue weighted by Crippen LogP contribution is -2.44. The third-order valence-corrected chi connectivity index (χ3v) is 8.17. The summed E-state index contributed by atoms with van der Waals surface area (Å²) in [5.41, 5.74) is 1.34. The van der Waals surface area contributed by atoms with E-state index in [2.05, 4.69) is 4.90 Å². The van der Waals surface area contributed by atoms with E-state index >= 15 is 0 Å². The van der Waals surface area contributed by atoms with Crippen LogP contribution >= 0.6 is 0 Å². The Balaban J connectivity index is 1.42. The third-order valence-electron chi connectivity index (χ3n) is 8.17. The number of hydrogen-bond acceptors (Lipinski definition) is 6. The second-order valence-electron chi connectivity index (χ2n) is 10.6. The molecular formula is C31H40N2O5. The van der Waals surface area contributed by atoms with Crippen molar-refractivity contribution in [1.82, 2.24) is 9.80 Å². The van der Waals surface area contributed by atoms with Gasteiger partial charge in [-0.3, -0.25) is 9.69 Å². The maximum absolute atomic E-state index is 14.1. The van der Waals surface area contributed by atoms with Crippen LogP contribution in [0.25, 0.3) is 11.0 Å². The normalized spacial score (nSPS) is 18.6. The first-order valence-electron chi connectivity index (χ1n) is 13.9. The zero-order chi connectivity index (χ0) is 26.5. The molecule has 204 valence electrons. The molecule has 2 aromatic carbocycles. The Morgan fingerprint density at radius 1 is 0.947 bits per heavy atom. The van der Waals surface area contributed by atoms with Gasteiger partial charge in [-0.1, -0.05) is 37.5 Å². The molecule has 0 N–H and O–H groups in total. The summed E-state index contributed by atoms with van der Waals surface area (Å²) in [7, 11) is 4.70. The molecule has 1 saturated carbocycles. The van der Waals surface area contributed by atoms with E-state index in [1.54, 1.807) is 33.5 Å². The summed E-state index contributed by atoms with van der Waals surface area (Å²) in [5, 5.41) is 1.04. The number of fused-ring (bicyclic) bond motifs is 1. The Hall–Kier alpha value is -3.19. The topological polar surface area (TPSA) is 64.4 Å². The van der Waals surface area contributed by atoms with Crippen molar-refractivity contribution in [2.45, 2.75) is 57.5 Å². The number of para-hydroxylation sites is 1. The number of nitrogens with zero attached hydrogens (tertiary/aromatic N) is 2. The minimum Gasteiger partial charge on any atom is -0.493 e. The first-order chi connectivity index (χ1) is 18.6. The van der Waals surface area contributed by atoms with Crippen molar-refractivity contribution in [3.05, 3.63) is 53.8 Å². The molecule has 1 aliphatic carbocycles. The van der Waals surface area contributed by atoms with Crippen LogP contribution in [-0.4, -0.2) is 62.7 Å². The Bertz CT molecular complexity index is 1170. The predicted octanol–water partition coefficient (Wildman–Crippen LogP) is 6.15. The summed E-state index contributed by atoms with van der Waals surface area (Å²) in [6.45, 7) is 3.30. The molecule has 3 aromatic rings. The Labute approximate surface area is 225 Å². The molecule has 0 unspecified atom stereocenters. The molecule has 2 aliphatic rings. The molecule has 5 rings (SSSR count). The Morgan fingerprint density at radius 3 is 2.37 bits per heavy atom. The van der Waals surface area contributed by atoms with Crippen LogP contribution in [0.15, 0.2) is 46.9 Å². The van der Waals surface area contributed by atoms with E-state index in [9.17, 15) is 4.79 Å². The number of carbonyl (C=O) groups excluding carboxylic acids is 1. The van der Waals surface area contributed by atoms with Gasteiger partial charge in [0.05, 0.1) is 27.9 Å². The largest absolute Gasteiger partial charge is 0.493 e. The maximum Gasteiger partial charge on any atom is 0.254 e. The van der Waals surface area contributed by atoms with Crippen molar-refractivity contribution in [2.24, 2.45) is 5.92 Å². The summed E-state index contributed by atoms with van der Waals surface area (Å²) in [6, 6.07) is 13.8. The zero-order valence-electron chi connectivity index (χ0n) is 22.9. The van der Waals surface area contributed by atoms with Crippen molar-refractivity contribution >= 4 is 16.9 Å². The maximum atomic E-state index is 14.1. The van der Waals surface area contributed by atoms with E-state index in [1.807, 2.05) is 35.2 Å². The van der Waals surface area contributed by atoms with Gasteiger partial charge in [0.1, 0.15) is 11.3 Å². The molecule has 7 nitrogen and oxygen atoms in total. The van der Waals surface area contributed by atoms with Crippen molar-refractivity contribution < 1.29 is 23.4 Å². The van der Waals surface area contributed by atoms with Gasteiger partial charge in [-0.15, -0.1) is 0 Å². The SMILES string of the molecule is COc1cc(C(=O)N(Cc2cc3ccccc3o2)C[C@@H]2CCCN2CC2CCCCC2)cc(OC)c1OC. The van der Waals surface area contributed by atoms with Crippen molar-refractivity contribution in [1.29, 1.82) is 0 Å². The standard InChI is InChI=1S/C31H40N2O5/c1-35-28-17-24(18-29(36-2)30(28)37-3)31(34)33(21-26-16-23-12-7-8-14-27(23)38-26)20-25-13-9-15-32(25)19-22-10-5-4-6-11-22/h7-8,12,14,16-18,22,25H,4-6,9-11,13,15,19-21H2,1-3H3/t25-/m0/s1. The predicted molar refractivity (Wildman–Crippen MR) is 148 cm³/mol. The van der Waals surface area contributed by atoms with Gasteiger partial charge in [-0.2, -0.15) is 0 Å². The average molecular weight is 521 g/mol. The number of ether oxygens (including phenoxy) is 3. The van der Waals surface area contributed by atoms with Gasteiger partial charge >= 0.3 is 0 Å². The minimum absolute atomic E-state index is 0.0748. The number of rotatable bonds is 10. The van der Waals surface area contributed by atoms with Gasteiger partial charge in [0.15, 0.2) is 11.5 Å². The molecule has 0 radical (unpaired) electrons. The quantitative estimate of drug-likeness (QED) is 0.320. The van der Waals surface area contributed by atoms with E-state index in [-0.39, 0.29) is 5.91 Å². The fraction of sp³-hybridized carbons (Fsp3) is 0.516. The molecule has 0 spiro atoms. The lowest BCUT2D eigenvalue weighted by molar-refractivity contribution is 0.0662. The molecule has 38 heavy (non-hydrogen) atoms. The van der Waals surface area contributed by atoms with E-state index < -0.39 is 0 Å². The molecule has 1 amide bonds. The molecule has 1 saturated heterocycles. The molecule has 1 atom stereocenters. The van der Waals surface area contributed by atoms with E-state index in [0.717, 1.165) is 42.2 Å². The Morgan fingerprint density at radius 2 is 1.68 bits per heavy atom. The molecule has 1 aliphatic heterocycles. The van der Waals surface area contributed by atoms with Crippen molar-refractivity contribution in [2.75, 3.05) is 41.0 Å². The highest BCUT2D eigenvalue weighted by atomic mass is 16.5. The molecule has 2 heterocycles. The van der Waals surface area contributed by atoms with Gasteiger partial charge in [-0.05, 0) is 62.4 Å². The number of furan rings is 1. The van der Waals surface area contributed by atoms with Crippen LogP contribution in [0.4, 0.5) is 0 Å². The van der Waals surface area contributed by atoms with Crippen LogP contribution in [0.1, 0.15) is 61.1 Å². The molecular weight excluding hydrogens is 480 g/mol. The first kappa shape index (κ1) is 26.4. The summed E-state index contributed by atoms with van der Waals surface area (Å²) in [5.74, 6) is 2.90. The Kier molecular flexibility index (Phi) is 8.42. The van der Waals surface area contributed by atoms with Crippen LogP contribution in [-0.2, 0) is 6.54 Å². The van der Waals surface area contributed by atoms with Gasteiger partial charge in [0.25, 0.3) is 5.91 Å². The summed E-state index contributed by atoms with van der Waals surface area (Å²) >= 11 is 0. The second kappa shape index (κ2) is 12.1. The summed E-state index contributed by atoms with van der Waals surface area (Å²) in [4.78, 5) is 18.7. The van der Waals surface area contributed by atoms with Crippen LogP contribution in [0.5, 0.6) is 17.2 Å². The number of benzene rings is 2. The lowest BCUT2D eigenvalue weighted by Gasteiger charge is -2.34. The van der Waals surface area contributed by atoms with Gasteiger partial charge in [-0.25, -0.2) is 0 Å². The van der Waals surface area contributed by atoms with Crippen LogP contribution in [0.3, 0.4) is 0 Å². The minimum atomic E-state index is -0.0748. The van der Waals surface area contributed by atoms with E-state index in [1.165, 1.54) is 38.5 Å². The summed E-state index contributed by atoms with van der Waals surface area (Å²) < 4.78 is 22.7. The zero-order valence-corrected chi connectivity index (χ0v) is 22.9. The first-order valence-corrected chi connectivity index (χ1v) is 13.9. The number of carbonyl (C=O) groups is 1. The van der Waals surface area contributed by atoms with Gasteiger partial charge in [0, 0.05) is 30.1 Å². The average Bonchev–Trinajstić information content (AvgIpc) is 3.57. The van der Waals surface area contributed by atoms with E-state index in [0.29, 0.717) is 41.9 Å². The number of hydrogen-bond donors (Lipinski definition) is 0. The summed E-state index contributed by atoms with van der Waals surface area (Å²) in [6.07, 6.45) is 9.00. The number of likely N-dealkylation sites (tertiary alicyclic amines) is 1. The molecule has 1 aromatic heterocycles. The lowest BCUT2D eigenvalue weighted by atomic mass is 9.89. The fourth-order valence-electron chi connectivity index (χ4n) is 6.21. The fourth-order valence-corrected chi connectivity index (χ4v) is 6.21. The highest BCUT2D eigenvalue weighted by Gasteiger charge is 2.31. The van der Waals surface area contributed by atoms with E-state index in [4.69, 9.17) is 18.6 Å². The van der Waals surface area contributed by atoms with Gasteiger partial charge < -0.3 is 23.5 Å². The molecule has 2 fully saturated rings. The van der Waals surface area contributed by atoms with Crippen molar-refractivity contribution in [3.63, 3.8) is 0 Å². The third kappa shape index (κ3) is 5.78. The van der Waals surface area contributed by atoms with Crippen molar-refractivity contribution in [3.8, 4) is 17.2 Å². The second-order valence-corrected chi connectivity index (χ2v) is 10.6. The number of amides is 1. The van der Waals surface area contributed by atoms with Crippen LogP contribution in [0, 0.1) is 5.92 Å². The van der Waals surface area contributed by atoms with Crippen LogP contribution in [0.2, 0.25) is 0 Å². The molecule has 0 bridgehead atoms. The number of methoxy groups -OCH3 is 3. The monoisotopic (exact) mass is 520 g/mol.